The molecule has 2 aromatic rings. The smallest absolute Gasteiger partial charge is 0.191 e. The van der Waals surface area contributed by atoms with Crippen molar-refractivity contribution in [2.75, 3.05) is 44.3 Å². The summed E-state index contributed by atoms with van der Waals surface area (Å²) in [7, 11) is 0. The number of ether oxygens (including phenoxy) is 1. The third-order valence-corrected chi connectivity index (χ3v) is 7.35. The van der Waals surface area contributed by atoms with E-state index >= 15 is 0 Å². The van der Waals surface area contributed by atoms with Crippen molar-refractivity contribution in [2.45, 2.75) is 44.1 Å². The van der Waals surface area contributed by atoms with Crippen LogP contribution in [0, 0.1) is 5.82 Å². The summed E-state index contributed by atoms with van der Waals surface area (Å²) in [6.07, 6.45) is 3.90. The molecule has 0 saturated carbocycles. The minimum absolute atomic E-state index is 0. The Bertz CT molecular complexity index is 849. The Balaban J connectivity index is 0.00000289. The van der Waals surface area contributed by atoms with Gasteiger partial charge in [0.25, 0.3) is 0 Å². The van der Waals surface area contributed by atoms with Crippen LogP contribution in [0.25, 0.3) is 0 Å². The molecule has 176 valence electrons. The zero-order valence-electron chi connectivity index (χ0n) is 18.7. The monoisotopic (exact) mass is 572 g/mol. The van der Waals surface area contributed by atoms with Gasteiger partial charge in [-0.25, -0.2) is 4.39 Å². The number of aliphatic imine (C=N–C) groups is 1. The van der Waals surface area contributed by atoms with Gasteiger partial charge in [0, 0.05) is 44.3 Å². The summed E-state index contributed by atoms with van der Waals surface area (Å²) in [5.41, 5.74) is 0.852. The zero-order valence-corrected chi connectivity index (χ0v) is 21.8. The highest BCUT2D eigenvalue weighted by atomic mass is 127. The summed E-state index contributed by atoms with van der Waals surface area (Å²) in [6, 6.07) is 11.7. The molecule has 1 aromatic heterocycles. The average Bonchev–Trinajstić information content (AvgIpc) is 3.34. The number of hydrogen-bond donors (Lipinski definition) is 2. The molecule has 0 aliphatic carbocycles. The van der Waals surface area contributed by atoms with E-state index in [-0.39, 0.29) is 35.2 Å². The first-order chi connectivity index (χ1) is 15.2. The summed E-state index contributed by atoms with van der Waals surface area (Å²) >= 11 is 1.81. The van der Waals surface area contributed by atoms with Crippen molar-refractivity contribution >= 4 is 46.3 Å². The lowest BCUT2D eigenvalue weighted by Crippen LogP contribution is -2.49. The first kappa shape index (κ1) is 25.2. The molecule has 0 unspecified atom stereocenters. The van der Waals surface area contributed by atoms with Crippen LogP contribution in [0.3, 0.4) is 0 Å². The van der Waals surface area contributed by atoms with Crippen LogP contribution < -0.4 is 15.5 Å². The molecule has 2 aliphatic rings. The van der Waals surface area contributed by atoms with Crippen LogP contribution in [0.2, 0.25) is 0 Å². The van der Waals surface area contributed by atoms with Crippen molar-refractivity contribution in [1.82, 2.24) is 10.6 Å². The van der Waals surface area contributed by atoms with Crippen molar-refractivity contribution < 1.29 is 9.13 Å². The second-order valence-electron chi connectivity index (χ2n) is 8.46. The fourth-order valence-corrected chi connectivity index (χ4v) is 5.34. The number of piperidine rings is 1. The Morgan fingerprint density at radius 3 is 2.66 bits per heavy atom. The molecule has 0 radical (unpaired) electrons. The van der Waals surface area contributed by atoms with Crippen LogP contribution in [-0.4, -0.2) is 51.4 Å². The van der Waals surface area contributed by atoms with Gasteiger partial charge in [0.2, 0.25) is 0 Å². The molecule has 4 rings (SSSR count). The van der Waals surface area contributed by atoms with E-state index in [4.69, 9.17) is 9.73 Å². The minimum atomic E-state index is -0.185. The number of nitrogens with zero attached hydrogens (tertiary/aromatic N) is 2. The van der Waals surface area contributed by atoms with Crippen molar-refractivity contribution in [3.05, 3.63) is 53.2 Å². The first-order valence-corrected chi connectivity index (χ1v) is 12.2. The summed E-state index contributed by atoms with van der Waals surface area (Å²) in [5, 5.41) is 10.6. The van der Waals surface area contributed by atoms with Gasteiger partial charge in [-0.3, -0.25) is 4.99 Å². The molecule has 32 heavy (non-hydrogen) atoms. The number of nitrogens with one attached hydrogen (secondary N) is 2. The average molecular weight is 573 g/mol. The van der Waals surface area contributed by atoms with Crippen LogP contribution in [0.4, 0.5) is 9.39 Å². The summed E-state index contributed by atoms with van der Waals surface area (Å²) in [4.78, 5) is 7.45. The number of benzene rings is 1. The van der Waals surface area contributed by atoms with Crippen LogP contribution in [-0.2, 0) is 10.2 Å². The fraction of sp³-hybridized carbons (Fsp3) is 0.542. The Morgan fingerprint density at radius 1 is 1.22 bits per heavy atom. The molecular weight excluding hydrogens is 538 g/mol. The Morgan fingerprint density at radius 2 is 2.00 bits per heavy atom. The lowest BCUT2D eigenvalue weighted by atomic mass is 9.74. The predicted octanol–water partition coefficient (Wildman–Crippen LogP) is 4.78. The van der Waals surface area contributed by atoms with Gasteiger partial charge >= 0.3 is 0 Å². The lowest BCUT2D eigenvalue weighted by Gasteiger charge is -2.37. The molecule has 2 saturated heterocycles. The molecule has 0 amide bonds. The van der Waals surface area contributed by atoms with Gasteiger partial charge in [-0.1, -0.05) is 12.1 Å². The van der Waals surface area contributed by atoms with E-state index in [9.17, 15) is 4.39 Å². The maximum absolute atomic E-state index is 14.0. The van der Waals surface area contributed by atoms with Crippen LogP contribution in [0.1, 0.15) is 38.2 Å². The van der Waals surface area contributed by atoms with Crippen molar-refractivity contribution in [2.24, 2.45) is 4.99 Å². The molecule has 2 aliphatic heterocycles. The third kappa shape index (κ3) is 6.35. The lowest BCUT2D eigenvalue weighted by molar-refractivity contribution is 0.0530. The number of rotatable bonds is 6. The van der Waals surface area contributed by atoms with E-state index < -0.39 is 0 Å². The van der Waals surface area contributed by atoms with E-state index in [2.05, 4.69) is 40.0 Å². The number of guanidine groups is 1. The second kappa shape index (κ2) is 12.2. The molecule has 3 heterocycles. The molecule has 0 spiro atoms. The van der Waals surface area contributed by atoms with E-state index in [0.29, 0.717) is 25.8 Å². The van der Waals surface area contributed by atoms with Crippen LogP contribution in [0.15, 0.2) is 46.8 Å². The number of thiophene rings is 1. The largest absolute Gasteiger partial charge is 0.381 e. The zero-order chi connectivity index (χ0) is 21.5. The topological polar surface area (TPSA) is 48.9 Å². The molecule has 2 fully saturated rings. The van der Waals surface area contributed by atoms with E-state index in [1.807, 2.05) is 17.4 Å². The predicted molar refractivity (Wildman–Crippen MR) is 142 cm³/mol. The van der Waals surface area contributed by atoms with Crippen molar-refractivity contribution in [3.63, 3.8) is 0 Å². The summed E-state index contributed by atoms with van der Waals surface area (Å²) in [6.45, 7) is 7.03. The molecule has 8 heteroatoms. The molecular formula is C24H34FIN4OS. The highest BCUT2D eigenvalue weighted by molar-refractivity contribution is 14.0. The van der Waals surface area contributed by atoms with Crippen molar-refractivity contribution in [3.8, 4) is 0 Å². The van der Waals surface area contributed by atoms with Crippen LogP contribution >= 0.6 is 35.3 Å². The maximum atomic E-state index is 14.0. The van der Waals surface area contributed by atoms with Gasteiger partial charge in [0.05, 0.1) is 11.5 Å². The summed E-state index contributed by atoms with van der Waals surface area (Å²) < 4.78 is 19.6. The highest BCUT2D eigenvalue weighted by Gasteiger charge is 2.35. The van der Waals surface area contributed by atoms with Gasteiger partial charge in [0.1, 0.15) is 5.82 Å². The van der Waals surface area contributed by atoms with Gasteiger partial charge < -0.3 is 20.3 Å². The first-order valence-electron chi connectivity index (χ1n) is 11.4. The standard InChI is InChI=1S/C24H33FN4OS.HI/c1-2-26-23(28-21-8-12-29(13-9-21)22-7-4-16-31-22)27-18-24(10-14-30-15-11-24)19-5-3-6-20(25)17-19;/h3-7,16-17,21H,2,8-15,18H2,1H3,(H2,26,27,28);1H. The minimum Gasteiger partial charge on any atom is -0.381 e. The molecule has 1 aromatic carbocycles. The van der Waals surface area contributed by atoms with E-state index in [1.54, 1.807) is 12.1 Å². The Kier molecular flexibility index (Phi) is 9.61. The van der Waals surface area contributed by atoms with Gasteiger partial charge in [0.15, 0.2) is 5.96 Å². The molecule has 0 bridgehead atoms. The highest BCUT2D eigenvalue weighted by Crippen LogP contribution is 2.35. The molecule has 5 nitrogen and oxygen atoms in total. The van der Waals surface area contributed by atoms with E-state index in [0.717, 1.165) is 56.8 Å². The number of anilines is 1. The van der Waals surface area contributed by atoms with Gasteiger partial charge in [-0.05, 0) is 67.8 Å². The molecule has 0 atom stereocenters. The SMILES string of the molecule is CCNC(=NCC1(c2cccc(F)c2)CCOCC1)NC1CCN(c2cccs2)CC1.I. The Hall–Kier alpha value is -1.39. The quantitative estimate of drug-likeness (QED) is 0.298. The number of halogens is 2. The van der Waals surface area contributed by atoms with E-state index in [1.165, 1.54) is 11.1 Å². The second-order valence-corrected chi connectivity index (χ2v) is 9.38. The number of hydrogen-bond acceptors (Lipinski definition) is 4. The normalized spacial score (nSPS) is 19.3. The molecule has 2 N–H and O–H groups in total. The van der Waals surface area contributed by atoms with Crippen molar-refractivity contribution in [1.29, 1.82) is 0 Å². The summed E-state index contributed by atoms with van der Waals surface area (Å²) in [5.74, 6) is 0.675. The Labute approximate surface area is 211 Å². The fourth-order valence-electron chi connectivity index (χ4n) is 4.56. The van der Waals surface area contributed by atoms with Crippen LogP contribution in [0.5, 0.6) is 0 Å². The van der Waals surface area contributed by atoms with Gasteiger partial charge in [-0.2, -0.15) is 0 Å². The van der Waals surface area contributed by atoms with Gasteiger partial charge in [-0.15, -0.1) is 35.3 Å². The third-order valence-electron chi connectivity index (χ3n) is 6.42. The maximum Gasteiger partial charge on any atom is 0.191 e.